The molecule has 76 valence electrons. The average molecular weight is 186 g/mol. The molecule has 0 aromatic heterocycles. The van der Waals surface area contributed by atoms with Crippen LogP contribution < -0.4 is 0 Å². The van der Waals surface area contributed by atoms with Gasteiger partial charge in [-0.3, -0.25) is 4.79 Å². The molecule has 3 nitrogen and oxygen atoms in total. The molecule has 1 rings (SSSR count). The van der Waals surface area contributed by atoms with Crippen LogP contribution in [0.2, 0.25) is 0 Å². The predicted molar refractivity (Wildman–Crippen MR) is 49.4 cm³/mol. The topological polar surface area (TPSA) is 35.5 Å². The number of methoxy groups -OCH3 is 1. The van der Waals surface area contributed by atoms with Crippen LogP contribution in [0.4, 0.5) is 0 Å². The summed E-state index contributed by atoms with van der Waals surface area (Å²) in [5.41, 5.74) is 0. The molecule has 0 unspecified atom stereocenters. The first-order chi connectivity index (χ1) is 6.26. The van der Waals surface area contributed by atoms with Gasteiger partial charge in [-0.2, -0.15) is 0 Å². The molecule has 1 aliphatic carbocycles. The number of rotatable bonds is 4. The number of carbonyl (C=O) groups excluding carboxylic acids is 1. The van der Waals surface area contributed by atoms with Crippen LogP contribution in [-0.4, -0.2) is 25.8 Å². The first-order valence-electron chi connectivity index (χ1n) is 4.94. The molecular formula is C10H18O3. The molecule has 2 atom stereocenters. The fourth-order valence-corrected chi connectivity index (χ4v) is 1.92. The zero-order valence-electron chi connectivity index (χ0n) is 8.41. The Morgan fingerprint density at radius 2 is 2.23 bits per heavy atom. The Morgan fingerprint density at radius 1 is 1.46 bits per heavy atom. The van der Waals surface area contributed by atoms with E-state index in [2.05, 4.69) is 4.74 Å². The molecule has 0 aromatic rings. The second-order valence-corrected chi connectivity index (χ2v) is 3.54. The lowest BCUT2D eigenvalue weighted by atomic mass is 10.0. The van der Waals surface area contributed by atoms with Crippen molar-refractivity contribution >= 4 is 5.97 Å². The Labute approximate surface area is 79.4 Å². The molecule has 3 heteroatoms. The predicted octanol–water partition coefficient (Wildman–Crippen LogP) is 1.75. The second kappa shape index (κ2) is 5.22. The standard InChI is InChI=1S/C10H18O3/c1-3-13-9-5-4-8(6-9)7-10(11)12-2/h8-9H,3-7H2,1-2H3/t8-,9-/m0/s1. The van der Waals surface area contributed by atoms with Gasteiger partial charge in [0.25, 0.3) is 0 Å². The Hall–Kier alpha value is -0.570. The highest BCUT2D eigenvalue weighted by atomic mass is 16.5. The minimum atomic E-state index is -0.0952. The van der Waals surface area contributed by atoms with E-state index >= 15 is 0 Å². The zero-order chi connectivity index (χ0) is 9.68. The van der Waals surface area contributed by atoms with Crippen LogP contribution in [-0.2, 0) is 14.3 Å². The highest BCUT2D eigenvalue weighted by Gasteiger charge is 2.26. The van der Waals surface area contributed by atoms with Crippen LogP contribution >= 0.6 is 0 Å². The summed E-state index contributed by atoms with van der Waals surface area (Å²) < 4.78 is 10.1. The molecule has 13 heavy (non-hydrogen) atoms. The lowest BCUT2D eigenvalue weighted by Gasteiger charge is -2.10. The molecule has 0 heterocycles. The van der Waals surface area contributed by atoms with Crippen LogP contribution in [0.3, 0.4) is 0 Å². The highest BCUT2D eigenvalue weighted by Crippen LogP contribution is 2.30. The van der Waals surface area contributed by atoms with E-state index in [9.17, 15) is 4.79 Å². The molecule has 1 fully saturated rings. The van der Waals surface area contributed by atoms with Crippen LogP contribution in [0.25, 0.3) is 0 Å². The van der Waals surface area contributed by atoms with Gasteiger partial charge in [0.1, 0.15) is 0 Å². The summed E-state index contributed by atoms with van der Waals surface area (Å²) in [6.45, 7) is 2.78. The van der Waals surface area contributed by atoms with E-state index in [4.69, 9.17) is 4.74 Å². The molecule has 1 saturated carbocycles. The summed E-state index contributed by atoms with van der Waals surface area (Å²) in [5.74, 6) is 0.381. The Balaban J connectivity index is 2.20. The average Bonchev–Trinajstić information content (AvgIpc) is 2.53. The van der Waals surface area contributed by atoms with Gasteiger partial charge >= 0.3 is 5.97 Å². The fraction of sp³-hybridized carbons (Fsp3) is 0.900. The van der Waals surface area contributed by atoms with E-state index in [0.717, 1.165) is 25.9 Å². The maximum absolute atomic E-state index is 11.0. The SMILES string of the molecule is CCO[C@H]1CC[C@H](CC(=O)OC)C1. The minimum Gasteiger partial charge on any atom is -0.469 e. The van der Waals surface area contributed by atoms with Crippen molar-refractivity contribution in [3.63, 3.8) is 0 Å². The monoisotopic (exact) mass is 186 g/mol. The third-order valence-corrected chi connectivity index (χ3v) is 2.58. The minimum absolute atomic E-state index is 0.0952. The summed E-state index contributed by atoms with van der Waals surface area (Å²) in [5, 5.41) is 0. The smallest absolute Gasteiger partial charge is 0.305 e. The van der Waals surface area contributed by atoms with Gasteiger partial charge < -0.3 is 9.47 Å². The number of hydrogen-bond donors (Lipinski definition) is 0. The first-order valence-corrected chi connectivity index (χ1v) is 4.94. The molecule has 1 aliphatic rings. The van der Waals surface area contributed by atoms with Crippen LogP contribution in [0.15, 0.2) is 0 Å². The van der Waals surface area contributed by atoms with Gasteiger partial charge in [0.2, 0.25) is 0 Å². The van der Waals surface area contributed by atoms with Gasteiger partial charge in [-0.05, 0) is 32.1 Å². The zero-order valence-corrected chi connectivity index (χ0v) is 8.41. The summed E-state index contributed by atoms with van der Waals surface area (Å²) in [4.78, 5) is 11.0. The second-order valence-electron chi connectivity index (χ2n) is 3.54. The van der Waals surface area contributed by atoms with Crippen molar-refractivity contribution in [1.29, 1.82) is 0 Å². The fourth-order valence-electron chi connectivity index (χ4n) is 1.92. The lowest BCUT2D eigenvalue weighted by molar-refractivity contribution is -0.141. The Bertz CT molecular complexity index is 168. The lowest BCUT2D eigenvalue weighted by Crippen LogP contribution is -2.11. The van der Waals surface area contributed by atoms with E-state index < -0.39 is 0 Å². The van der Waals surface area contributed by atoms with E-state index in [-0.39, 0.29) is 5.97 Å². The Kier molecular flexibility index (Phi) is 4.22. The summed E-state index contributed by atoms with van der Waals surface area (Å²) in [6, 6.07) is 0. The molecule has 0 amide bonds. The van der Waals surface area contributed by atoms with E-state index in [1.165, 1.54) is 7.11 Å². The quantitative estimate of drug-likeness (QED) is 0.627. The normalized spacial score (nSPS) is 27.5. The van der Waals surface area contributed by atoms with E-state index in [1.807, 2.05) is 6.92 Å². The van der Waals surface area contributed by atoms with E-state index in [1.54, 1.807) is 0 Å². The molecule has 0 saturated heterocycles. The van der Waals surface area contributed by atoms with Gasteiger partial charge in [0, 0.05) is 13.0 Å². The number of hydrogen-bond acceptors (Lipinski definition) is 3. The number of carbonyl (C=O) groups is 1. The molecule has 0 radical (unpaired) electrons. The molecule has 0 N–H and O–H groups in total. The maximum Gasteiger partial charge on any atom is 0.305 e. The van der Waals surface area contributed by atoms with Gasteiger partial charge in [-0.25, -0.2) is 0 Å². The van der Waals surface area contributed by atoms with E-state index in [0.29, 0.717) is 18.4 Å². The van der Waals surface area contributed by atoms with Crippen molar-refractivity contribution in [3.05, 3.63) is 0 Å². The molecule has 0 aliphatic heterocycles. The molecule has 0 aromatic carbocycles. The van der Waals surface area contributed by atoms with Gasteiger partial charge in [0.05, 0.1) is 13.2 Å². The summed E-state index contributed by atoms with van der Waals surface area (Å²) >= 11 is 0. The van der Waals surface area contributed by atoms with Gasteiger partial charge in [-0.15, -0.1) is 0 Å². The van der Waals surface area contributed by atoms with Gasteiger partial charge in [0.15, 0.2) is 0 Å². The first kappa shape index (κ1) is 10.5. The third kappa shape index (κ3) is 3.35. The van der Waals surface area contributed by atoms with Crippen molar-refractivity contribution in [2.75, 3.05) is 13.7 Å². The molecule has 0 bridgehead atoms. The largest absolute Gasteiger partial charge is 0.469 e. The van der Waals surface area contributed by atoms with Crippen molar-refractivity contribution in [1.82, 2.24) is 0 Å². The van der Waals surface area contributed by atoms with Crippen LogP contribution in [0.5, 0.6) is 0 Å². The Morgan fingerprint density at radius 3 is 2.85 bits per heavy atom. The van der Waals surface area contributed by atoms with Crippen LogP contribution in [0.1, 0.15) is 32.6 Å². The van der Waals surface area contributed by atoms with Crippen LogP contribution in [0, 0.1) is 5.92 Å². The van der Waals surface area contributed by atoms with Crippen molar-refractivity contribution in [2.24, 2.45) is 5.92 Å². The summed E-state index contributed by atoms with van der Waals surface area (Å²) in [7, 11) is 1.44. The maximum atomic E-state index is 11.0. The summed E-state index contributed by atoms with van der Waals surface area (Å²) in [6.07, 6.45) is 4.14. The molecule has 0 spiro atoms. The van der Waals surface area contributed by atoms with Crippen molar-refractivity contribution in [2.45, 2.75) is 38.7 Å². The van der Waals surface area contributed by atoms with Gasteiger partial charge in [-0.1, -0.05) is 0 Å². The molecular weight excluding hydrogens is 168 g/mol. The number of ether oxygens (including phenoxy) is 2. The number of esters is 1. The van der Waals surface area contributed by atoms with Crippen molar-refractivity contribution in [3.8, 4) is 0 Å². The van der Waals surface area contributed by atoms with Crippen molar-refractivity contribution < 1.29 is 14.3 Å². The highest BCUT2D eigenvalue weighted by molar-refractivity contribution is 5.69. The third-order valence-electron chi connectivity index (χ3n) is 2.58.